The molecule has 7 heteroatoms. The standard InChI is InChI=1S/C17H14N4OS2/c1-11-6-8-12(9-7-11)18-15(22)10-23-16-19-17-21(20-16)13-4-2-3-5-14(13)24-17/h2-9H,10H2,1H3,(H,18,22). The summed E-state index contributed by atoms with van der Waals surface area (Å²) in [6, 6.07) is 15.8. The summed E-state index contributed by atoms with van der Waals surface area (Å²) in [7, 11) is 0. The predicted octanol–water partition coefficient (Wildman–Crippen LogP) is 3.98. The van der Waals surface area contributed by atoms with Crippen LogP contribution in [-0.4, -0.2) is 26.3 Å². The van der Waals surface area contributed by atoms with Gasteiger partial charge in [0.25, 0.3) is 0 Å². The zero-order valence-electron chi connectivity index (χ0n) is 12.9. The van der Waals surface area contributed by atoms with Gasteiger partial charge in [0.05, 0.1) is 16.0 Å². The van der Waals surface area contributed by atoms with Gasteiger partial charge >= 0.3 is 0 Å². The Morgan fingerprint density at radius 2 is 2.00 bits per heavy atom. The van der Waals surface area contributed by atoms with E-state index in [0.717, 1.165) is 26.4 Å². The van der Waals surface area contributed by atoms with E-state index in [-0.39, 0.29) is 11.7 Å². The van der Waals surface area contributed by atoms with E-state index in [0.29, 0.717) is 5.16 Å². The van der Waals surface area contributed by atoms with Crippen molar-refractivity contribution in [2.75, 3.05) is 11.1 Å². The highest BCUT2D eigenvalue weighted by Crippen LogP contribution is 2.26. The van der Waals surface area contributed by atoms with Crippen LogP contribution in [0.15, 0.2) is 53.7 Å². The Bertz CT molecular complexity index is 1020. The largest absolute Gasteiger partial charge is 0.325 e. The van der Waals surface area contributed by atoms with E-state index >= 15 is 0 Å². The number of rotatable bonds is 4. The van der Waals surface area contributed by atoms with Gasteiger partial charge in [-0.25, -0.2) is 4.52 Å². The minimum absolute atomic E-state index is 0.0631. The normalized spacial score (nSPS) is 11.2. The van der Waals surface area contributed by atoms with Crippen LogP contribution < -0.4 is 5.32 Å². The molecule has 0 radical (unpaired) electrons. The Balaban J connectivity index is 1.44. The third kappa shape index (κ3) is 3.00. The number of aryl methyl sites for hydroxylation is 1. The maximum absolute atomic E-state index is 12.0. The number of carbonyl (C=O) groups excluding carboxylic acids is 1. The maximum atomic E-state index is 12.0. The fourth-order valence-electron chi connectivity index (χ4n) is 2.34. The molecule has 0 fully saturated rings. The zero-order valence-corrected chi connectivity index (χ0v) is 14.5. The smallest absolute Gasteiger partial charge is 0.234 e. The van der Waals surface area contributed by atoms with Crippen molar-refractivity contribution in [3.63, 3.8) is 0 Å². The average Bonchev–Trinajstić information content (AvgIpc) is 3.12. The molecule has 5 nitrogen and oxygen atoms in total. The quantitative estimate of drug-likeness (QED) is 0.563. The Labute approximate surface area is 146 Å². The average molecular weight is 354 g/mol. The fraction of sp³-hybridized carbons (Fsp3) is 0.118. The molecule has 2 heterocycles. The molecule has 24 heavy (non-hydrogen) atoms. The number of carbonyl (C=O) groups is 1. The number of para-hydroxylation sites is 1. The molecule has 0 bridgehead atoms. The topological polar surface area (TPSA) is 59.3 Å². The molecule has 120 valence electrons. The number of aromatic nitrogens is 3. The van der Waals surface area contributed by atoms with Gasteiger partial charge in [-0.3, -0.25) is 4.79 Å². The van der Waals surface area contributed by atoms with Crippen LogP contribution in [0.5, 0.6) is 0 Å². The SMILES string of the molecule is Cc1ccc(NC(=O)CSc2nc3sc4ccccc4n3n2)cc1. The Hall–Kier alpha value is -2.38. The lowest BCUT2D eigenvalue weighted by atomic mass is 10.2. The summed E-state index contributed by atoms with van der Waals surface area (Å²) in [4.78, 5) is 17.4. The molecule has 0 aliphatic heterocycles. The lowest BCUT2D eigenvalue weighted by Gasteiger charge is -2.04. The van der Waals surface area contributed by atoms with Gasteiger partial charge in [0.2, 0.25) is 16.0 Å². The Kier molecular flexibility index (Phi) is 3.95. The number of hydrogen-bond donors (Lipinski definition) is 1. The number of fused-ring (bicyclic) bond motifs is 3. The molecule has 0 aliphatic carbocycles. The van der Waals surface area contributed by atoms with Crippen LogP contribution >= 0.6 is 23.1 Å². The summed E-state index contributed by atoms with van der Waals surface area (Å²) in [5.41, 5.74) is 3.01. The molecular formula is C17H14N4OS2. The van der Waals surface area contributed by atoms with E-state index in [1.54, 1.807) is 11.3 Å². The van der Waals surface area contributed by atoms with Gasteiger partial charge in [0.15, 0.2) is 0 Å². The summed E-state index contributed by atoms with van der Waals surface area (Å²) in [6.07, 6.45) is 0. The van der Waals surface area contributed by atoms with Crippen LogP contribution in [-0.2, 0) is 4.79 Å². The number of nitrogens with one attached hydrogen (secondary N) is 1. The molecule has 4 rings (SSSR count). The van der Waals surface area contributed by atoms with Crippen molar-refractivity contribution in [2.24, 2.45) is 0 Å². The van der Waals surface area contributed by atoms with Crippen molar-refractivity contribution in [1.29, 1.82) is 0 Å². The summed E-state index contributed by atoms with van der Waals surface area (Å²) in [6.45, 7) is 2.02. The lowest BCUT2D eigenvalue weighted by Crippen LogP contribution is -2.14. The monoisotopic (exact) mass is 354 g/mol. The van der Waals surface area contributed by atoms with Gasteiger partial charge < -0.3 is 5.32 Å². The summed E-state index contributed by atoms with van der Waals surface area (Å²) in [5.74, 6) is 0.218. The number of anilines is 1. The number of amides is 1. The molecule has 2 aromatic heterocycles. The van der Waals surface area contributed by atoms with Gasteiger partial charge in [0, 0.05) is 5.69 Å². The molecule has 0 spiro atoms. The molecular weight excluding hydrogens is 340 g/mol. The fourth-order valence-corrected chi connectivity index (χ4v) is 3.99. The lowest BCUT2D eigenvalue weighted by molar-refractivity contribution is -0.113. The van der Waals surface area contributed by atoms with Crippen LogP contribution in [0.3, 0.4) is 0 Å². The van der Waals surface area contributed by atoms with E-state index < -0.39 is 0 Å². The maximum Gasteiger partial charge on any atom is 0.234 e. The molecule has 1 N–H and O–H groups in total. The van der Waals surface area contributed by atoms with Crippen molar-refractivity contribution < 1.29 is 4.79 Å². The van der Waals surface area contributed by atoms with E-state index in [1.165, 1.54) is 11.8 Å². The number of nitrogens with zero attached hydrogens (tertiary/aromatic N) is 3. The summed E-state index contributed by atoms with van der Waals surface area (Å²) in [5, 5.41) is 7.98. The molecule has 0 saturated carbocycles. The second kappa shape index (κ2) is 6.26. The van der Waals surface area contributed by atoms with Crippen LogP contribution in [0, 0.1) is 6.92 Å². The van der Waals surface area contributed by atoms with Crippen LogP contribution in [0.4, 0.5) is 5.69 Å². The molecule has 0 aliphatic rings. The third-order valence-corrected chi connectivity index (χ3v) is 5.37. The number of hydrogen-bond acceptors (Lipinski definition) is 5. The molecule has 2 aromatic carbocycles. The van der Waals surface area contributed by atoms with Crippen molar-refractivity contribution in [3.8, 4) is 0 Å². The van der Waals surface area contributed by atoms with Gasteiger partial charge in [0.1, 0.15) is 0 Å². The van der Waals surface area contributed by atoms with Crippen LogP contribution in [0.1, 0.15) is 5.56 Å². The van der Waals surface area contributed by atoms with Crippen molar-refractivity contribution in [2.45, 2.75) is 12.1 Å². The first-order valence-corrected chi connectivity index (χ1v) is 9.23. The molecule has 0 atom stereocenters. The van der Waals surface area contributed by atoms with E-state index in [2.05, 4.69) is 21.5 Å². The minimum Gasteiger partial charge on any atom is -0.325 e. The van der Waals surface area contributed by atoms with Gasteiger partial charge in [-0.1, -0.05) is 52.9 Å². The first-order chi connectivity index (χ1) is 11.7. The zero-order chi connectivity index (χ0) is 16.5. The predicted molar refractivity (Wildman–Crippen MR) is 98.9 cm³/mol. The highest BCUT2D eigenvalue weighted by atomic mass is 32.2. The first kappa shape index (κ1) is 15.2. The summed E-state index contributed by atoms with van der Waals surface area (Å²) >= 11 is 2.94. The first-order valence-electron chi connectivity index (χ1n) is 7.43. The number of thiazole rings is 1. The highest BCUT2D eigenvalue weighted by Gasteiger charge is 2.12. The minimum atomic E-state index is -0.0631. The van der Waals surface area contributed by atoms with E-state index in [4.69, 9.17) is 0 Å². The Morgan fingerprint density at radius 3 is 2.83 bits per heavy atom. The van der Waals surface area contributed by atoms with E-state index in [9.17, 15) is 4.79 Å². The Morgan fingerprint density at radius 1 is 1.21 bits per heavy atom. The molecule has 1 amide bonds. The van der Waals surface area contributed by atoms with Crippen LogP contribution in [0.2, 0.25) is 0 Å². The van der Waals surface area contributed by atoms with Crippen molar-refractivity contribution >= 4 is 49.9 Å². The van der Waals surface area contributed by atoms with Crippen molar-refractivity contribution in [3.05, 3.63) is 54.1 Å². The highest BCUT2D eigenvalue weighted by molar-refractivity contribution is 7.99. The molecule has 4 aromatic rings. The van der Waals surface area contributed by atoms with Gasteiger partial charge in [-0.15, -0.1) is 5.10 Å². The van der Waals surface area contributed by atoms with Crippen LogP contribution in [0.25, 0.3) is 15.2 Å². The van der Waals surface area contributed by atoms with Crippen molar-refractivity contribution in [1.82, 2.24) is 14.6 Å². The third-order valence-electron chi connectivity index (χ3n) is 3.52. The van der Waals surface area contributed by atoms with Gasteiger partial charge in [-0.2, -0.15) is 4.98 Å². The molecule has 0 saturated heterocycles. The number of benzene rings is 2. The number of thioether (sulfide) groups is 1. The summed E-state index contributed by atoms with van der Waals surface area (Å²) < 4.78 is 2.99. The second-order valence-corrected chi connectivity index (χ2v) is 7.31. The van der Waals surface area contributed by atoms with Gasteiger partial charge in [-0.05, 0) is 31.2 Å². The van der Waals surface area contributed by atoms with E-state index in [1.807, 2.05) is 53.9 Å². The molecule has 0 unspecified atom stereocenters. The second-order valence-electron chi connectivity index (χ2n) is 5.36.